The van der Waals surface area contributed by atoms with Crippen LogP contribution in [0.4, 0.5) is 13.2 Å². The van der Waals surface area contributed by atoms with E-state index in [2.05, 4.69) is 35.1 Å². The van der Waals surface area contributed by atoms with E-state index in [9.17, 15) is 18.0 Å². The fraction of sp³-hybridized carbons (Fsp3) is 0.625. The third kappa shape index (κ3) is 5.23. The molecule has 2 aliphatic rings. The van der Waals surface area contributed by atoms with Gasteiger partial charge in [-0.2, -0.15) is 13.2 Å². The Labute approximate surface area is 162 Å². The van der Waals surface area contributed by atoms with Crippen LogP contribution in [0.5, 0.6) is 0 Å². The van der Waals surface area contributed by atoms with Crippen molar-refractivity contribution in [3.05, 3.63) is 22.4 Å². The molecule has 0 bridgehead atoms. The maximum Gasteiger partial charge on any atom is 0.490 e. The van der Waals surface area contributed by atoms with Gasteiger partial charge in [0.15, 0.2) is 0 Å². The molecule has 11 heteroatoms. The van der Waals surface area contributed by atoms with Crippen molar-refractivity contribution in [2.75, 3.05) is 32.8 Å². The Kier molecular flexibility index (Phi) is 6.59. The van der Waals surface area contributed by atoms with Crippen molar-refractivity contribution >= 4 is 27.8 Å². The van der Waals surface area contributed by atoms with E-state index >= 15 is 0 Å². The normalized spacial score (nSPS) is 18.7. The lowest BCUT2D eigenvalue weighted by Gasteiger charge is -2.48. The number of rotatable bonds is 2. The summed E-state index contributed by atoms with van der Waals surface area (Å²) in [5, 5.41) is 10.4. The van der Waals surface area contributed by atoms with Crippen LogP contribution < -0.4 is 5.32 Å². The van der Waals surface area contributed by atoms with Gasteiger partial charge in [0.1, 0.15) is 11.3 Å². The van der Waals surface area contributed by atoms with E-state index < -0.39 is 12.1 Å². The summed E-state index contributed by atoms with van der Waals surface area (Å²) in [6.45, 7) is 7.81. The van der Waals surface area contributed by atoms with Gasteiger partial charge in [0.05, 0.1) is 13.2 Å². The molecule has 2 N–H and O–H groups in total. The van der Waals surface area contributed by atoms with Crippen molar-refractivity contribution in [3.8, 4) is 0 Å². The molecule has 0 unspecified atom stereocenters. The molecule has 1 aromatic rings. The molecule has 0 aliphatic carbocycles. The van der Waals surface area contributed by atoms with Gasteiger partial charge in [-0.25, -0.2) is 4.79 Å². The zero-order chi connectivity index (χ0) is 20.4. The van der Waals surface area contributed by atoms with Crippen LogP contribution >= 0.6 is 15.9 Å². The maximum absolute atomic E-state index is 12.8. The van der Waals surface area contributed by atoms with E-state index in [0.29, 0.717) is 19.7 Å². The number of nitrogens with zero attached hydrogens (tertiary/aromatic N) is 2. The van der Waals surface area contributed by atoms with Crippen molar-refractivity contribution in [1.29, 1.82) is 0 Å². The Morgan fingerprint density at radius 1 is 1.37 bits per heavy atom. The molecule has 7 nitrogen and oxygen atoms in total. The molecule has 0 radical (unpaired) electrons. The second-order valence-corrected chi connectivity index (χ2v) is 7.62. The first-order chi connectivity index (χ1) is 12.4. The molecule has 3 rings (SSSR count). The van der Waals surface area contributed by atoms with Gasteiger partial charge in [0.25, 0.3) is 5.91 Å². The highest BCUT2D eigenvalue weighted by Crippen LogP contribution is 2.26. The number of nitrogens with one attached hydrogen (secondary N) is 1. The zero-order valence-corrected chi connectivity index (χ0v) is 16.4. The minimum Gasteiger partial charge on any atom is -0.475 e. The lowest BCUT2D eigenvalue weighted by Crippen LogP contribution is -2.69. The lowest BCUT2D eigenvalue weighted by molar-refractivity contribution is -0.192. The number of alkyl halides is 3. The molecule has 1 amide bonds. The van der Waals surface area contributed by atoms with Crippen molar-refractivity contribution < 1.29 is 32.6 Å². The van der Waals surface area contributed by atoms with Gasteiger partial charge >= 0.3 is 12.1 Å². The molecule has 152 valence electrons. The van der Waals surface area contributed by atoms with Crippen molar-refractivity contribution in [1.82, 2.24) is 14.8 Å². The summed E-state index contributed by atoms with van der Waals surface area (Å²) >= 11 is 3.46. The van der Waals surface area contributed by atoms with Crippen molar-refractivity contribution in [3.63, 3.8) is 0 Å². The van der Waals surface area contributed by atoms with Gasteiger partial charge in [-0.3, -0.25) is 4.79 Å². The van der Waals surface area contributed by atoms with Gasteiger partial charge in [-0.1, -0.05) is 0 Å². The number of hydrogen-bond donors (Lipinski definition) is 2. The van der Waals surface area contributed by atoms with E-state index in [4.69, 9.17) is 14.6 Å². The van der Waals surface area contributed by atoms with Gasteiger partial charge in [-0.05, 0) is 35.8 Å². The molecule has 2 aliphatic heterocycles. The summed E-state index contributed by atoms with van der Waals surface area (Å²) in [6, 6.07) is 2.17. The molecular formula is C16H21BrF3N3O4. The summed E-state index contributed by atoms with van der Waals surface area (Å²) in [5.74, 6) is -2.66. The molecule has 1 aromatic heterocycles. The van der Waals surface area contributed by atoms with E-state index in [0.717, 1.165) is 23.3 Å². The Bertz CT molecular complexity index is 702. The second-order valence-electron chi connectivity index (χ2n) is 6.71. The van der Waals surface area contributed by atoms with Crippen molar-refractivity contribution in [2.24, 2.45) is 0 Å². The highest BCUT2D eigenvalue weighted by atomic mass is 79.9. The molecule has 27 heavy (non-hydrogen) atoms. The second kappa shape index (κ2) is 8.19. The number of carbonyl (C=O) groups excluding carboxylic acids is 1. The third-order valence-electron chi connectivity index (χ3n) is 4.26. The van der Waals surface area contributed by atoms with Crippen LogP contribution in [-0.2, 0) is 9.53 Å². The number of amides is 1. The SMILES string of the molecule is CC(C)n1cc(Br)cc1C(=O)N1CCOC2(CNC2)C1.O=C(O)C(F)(F)F. The number of aromatic nitrogens is 1. The minimum absolute atomic E-state index is 0.0963. The van der Waals surface area contributed by atoms with Crippen LogP contribution in [0.3, 0.4) is 0 Å². The van der Waals surface area contributed by atoms with E-state index in [1.807, 2.05) is 21.7 Å². The summed E-state index contributed by atoms with van der Waals surface area (Å²) in [5.41, 5.74) is 0.594. The predicted octanol–water partition coefficient (Wildman–Crippen LogP) is 2.28. The van der Waals surface area contributed by atoms with Gasteiger partial charge < -0.3 is 24.6 Å². The lowest BCUT2D eigenvalue weighted by atomic mass is 9.94. The standard InChI is InChI=1S/C14H20BrN3O2.C2HF3O2/c1-10(2)18-6-11(15)5-12(18)13(19)17-3-4-20-14(9-17)7-16-8-14;3-2(4,5)1(6)7/h5-6,10,16H,3-4,7-9H2,1-2H3;(H,6,7). The van der Waals surface area contributed by atoms with Crippen LogP contribution in [-0.4, -0.2) is 71.0 Å². The fourth-order valence-electron chi connectivity index (χ4n) is 2.84. The first kappa shape index (κ1) is 21.7. The fourth-order valence-corrected chi connectivity index (χ4v) is 3.28. The molecule has 1 spiro atoms. The number of carboxylic acids is 1. The summed E-state index contributed by atoms with van der Waals surface area (Å²) < 4.78 is 40.5. The number of carboxylic acid groups (broad SMARTS) is 1. The molecule has 0 saturated carbocycles. The van der Waals surface area contributed by atoms with Crippen LogP contribution in [0.25, 0.3) is 0 Å². The Morgan fingerprint density at radius 2 is 1.96 bits per heavy atom. The molecule has 2 fully saturated rings. The van der Waals surface area contributed by atoms with Gasteiger partial charge in [0.2, 0.25) is 0 Å². The number of morpholine rings is 1. The summed E-state index contributed by atoms with van der Waals surface area (Å²) in [4.78, 5) is 23.6. The molecular weight excluding hydrogens is 435 g/mol. The van der Waals surface area contributed by atoms with E-state index in [1.54, 1.807) is 0 Å². The van der Waals surface area contributed by atoms with Gasteiger partial charge in [-0.15, -0.1) is 0 Å². The average Bonchev–Trinajstić information content (AvgIpc) is 2.94. The van der Waals surface area contributed by atoms with Crippen LogP contribution in [0, 0.1) is 0 Å². The first-order valence-corrected chi connectivity index (χ1v) is 9.06. The number of hydrogen-bond acceptors (Lipinski definition) is 4. The summed E-state index contributed by atoms with van der Waals surface area (Å²) in [7, 11) is 0. The summed E-state index contributed by atoms with van der Waals surface area (Å²) in [6.07, 6.45) is -3.11. The molecule has 2 saturated heterocycles. The van der Waals surface area contributed by atoms with Gasteiger partial charge in [0, 0.05) is 36.3 Å². The highest BCUT2D eigenvalue weighted by Gasteiger charge is 2.43. The monoisotopic (exact) mass is 455 g/mol. The van der Waals surface area contributed by atoms with Crippen LogP contribution in [0.1, 0.15) is 30.4 Å². The van der Waals surface area contributed by atoms with E-state index in [-0.39, 0.29) is 17.6 Å². The smallest absolute Gasteiger partial charge is 0.475 e. The predicted molar refractivity (Wildman–Crippen MR) is 93.7 cm³/mol. The van der Waals surface area contributed by atoms with Crippen LogP contribution in [0.15, 0.2) is 16.7 Å². The Balaban J connectivity index is 0.000000321. The van der Waals surface area contributed by atoms with Crippen LogP contribution in [0.2, 0.25) is 0 Å². The molecule has 0 aromatic carbocycles. The molecule has 3 heterocycles. The minimum atomic E-state index is -5.08. The Morgan fingerprint density at radius 3 is 2.41 bits per heavy atom. The number of halogens is 4. The number of ether oxygens (including phenoxy) is 1. The topological polar surface area (TPSA) is 83.8 Å². The third-order valence-corrected chi connectivity index (χ3v) is 4.70. The van der Waals surface area contributed by atoms with Crippen molar-refractivity contribution in [2.45, 2.75) is 31.7 Å². The Hall–Kier alpha value is -1.59. The number of carbonyl (C=O) groups is 2. The van der Waals surface area contributed by atoms with E-state index in [1.165, 1.54) is 0 Å². The zero-order valence-electron chi connectivity index (χ0n) is 14.8. The quantitative estimate of drug-likeness (QED) is 0.714. The highest BCUT2D eigenvalue weighted by molar-refractivity contribution is 9.10. The largest absolute Gasteiger partial charge is 0.490 e. The maximum atomic E-state index is 12.8. The molecule has 0 atom stereocenters. The number of aliphatic carboxylic acids is 1. The average molecular weight is 456 g/mol. The first-order valence-electron chi connectivity index (χ1n) is 8.27.